The molecule has 1 aromatic carbocycles. The first kappa shape index (κ1) is 12.8. The second-order valence-electron chi connectivity index (χ2n) is 6.57. The Morgan fingerprint density at radius 2 is 1.55 bits per heavy atom. The van der Waals surface area contributed by atoms with Gasteiger partial charge in [-0.25, -0.2) is 8.78 Å². The Bertz CT molecular complexity index is 486. The van der Waals surface area contributed by atoms with Crippen molar-refractivity contribution in [2.45, 2.75) is 63.7 Å². The lowest BCUT2D eigenvalue weighted by Gasteiger charge is -2.36. The van der Waals surface area contributed by atoms with E-state index in [0.29, 0.717) is 5.56 Å². The molecular formula is C18H24F2. The zero-order chi connectivity index (χ0) is 14.8. The summed E-state index contributed by atoms with van der Waals surface area (Å²) in [5.41, 5.74) is 0.491. The Balaban J connectivity index is 1.64. The summed E-state index contributed by atoms with van der Waals surface area (Å²) in [5.74, 6) is 0.0345. The van der Waals surface area contributed by atoms with E-state index in [-0.39, 0.29) is 12.0 Å². The molecule has 0 spiro atoms. The van der Waals surface area contributed by atoms with Gasteiger partial charge in [-0.1, -0.05) is 44.2 Å². The highest BCUT2D eigenvalue weighted by atomic mass is 19.2. The average molecular weight is 280 g/mol. The van der Waals surface area contributed by atoms with Gasteiger partial charge < -0.3 is 0 Å². The number of hydrogen-bond acceptors (Lipinski definition) is 0. The van der Waals surface area contributed by atoms with E-state index in [0.717, 1.165) is 37.5 Å². The second-order valence-corrected chi connectivity index (χ2v) is 6.57. The molecule has 0 saturated heterocycles. The van der Waals surface area contributed by atoms with Crippen LogP contribution in [0.5, 0.6) is 0 Å². The number of halogens is 2. The molecule has 3 rings (SSSR count). The van der Waals surface area contributed by atoms with Crippen LogP contribution in [0.25, 0.3) is 0 Å². The number of hydrogen-bond donors (Lipinski definition) is 0. The van der Waals surface area contributed by atoms with Crippen LogP contribution in [0, 0.1) is 23.5 Å². The third-order valence-corrected chi connectivity index (χ3v) is 5.45. The van der Waals surface area contributed by atoms with Crippen LogP contribution in [-0.4, -0.2) is 0 Å². The lowest BCUT2D eigenvalue weighted by atomic mass is 9.70. The SMILES string of the molecule is [3H]c1ccc(C2CCC(C3CCCCC3)CC2)c(F)c1F. The molecule has 2 aliphatic carbocycles. The maximum Gasteiger partial charge on any atom is 0.162 e. The quantitative estimate of drug-likeness (QED) is 0.640. The minimum Gasteiger partial charge on any atom is -0.204 e. The van der Waals surface area contributed by atoms with E-state index < -0.39 is 11.6 Å². The third kappa shape index (κ3) is 2.89. The Morgan fingerprint density at radius 1 is 0.900 bits per heavy atom. The molecule has 0 nitrogen and oxygen atoms in total. The van der Waals surface area contributed by atoms with E-state index in [1.165, 1.54) is 38.2 Å². The van der Waals surface area contributed by atoms with Crippen molar-refractivity contribution in [1.29, 1.82) is 0 Å². The minimum absolute atomic E-state index is 0.139. The Kier molecular flexibility index (Phi) is 3.99. The zero-order valence-corrected chi connectivity index (χ0v) is 12.0. The summed E-state index contributed by atoms with van der Waals surface area (Å²) in [6, 6.07) is 2.67. The normalized spacial score (nSPS) is 29.2. The van der Waals surface area contributed by atoms with Crippen LogP contribution >= 0.6 is 0 Å². The molecular weight excluding hydrogens is 254 g/mol. The van der Waals surface area contributed by atoms with Gasteiger partial charge in [0.05, 0.1) is 1.37 Å². The predicted octanol–water partition coefficient (Wildman–Crippen LogP) is 5.82. The summed E-state index contributed by atoms with van der Waals surface area (Å²) >= 11 is 0. The molecule has 0 atom stereocenters. The smallest absolute Gasteiger partial charge is 0.162 e. The van der Waals surface area contributed by atoms with Gasteiger partial charge in [-0.15, -0.1) is 0 Å². The molecule has 2 fully saturated rings. The van der Waals surface area contributed by atoms with Gasteiger partial charge in [0.1, 0.15) is 0 Å². The topological polar surface area (TPSA) is 0 Å². The Morgan fingerprint density at radius 3 is 2.25 bits per heavy atom. The second kappa shape index (κ2) is 6.24. The molecule has 0 aliphatic heterocycles. The van der Waals surface area contributed by atoms with Crippen LogP contribution in [0.2, 0.25) is 0 Å². The van der Waals surface area contributed by atoms with Crippen LogP contribution in [0.3, 0.4) is 0 Å². The fraction of sp³-hybridized carbons (Fsp3) is 0.667. The molecule has 0 amide bonds. The largest absolute Gasteiger partial charge is 0.204 e. The van der Waals surface area contributed by atoms with Crippen LogP contribution in [-0.2, 0) is 0 Å². The summed E-state index contributed by atoms with van der Waals surface area (Å²) in [6.07, 6.45) is 11.1. The summed E-state index contributed by atoms with van der Waals surface area (Å²) < 4.78 is 34.9. The monoisotopic (exact) mass is 280 g/mol. The van der Waals surface area contributed by atoms with E-state index in [1.807, 2.05) is 0 Å². The van der Waals surface area contributed by atoms with Gasteiger partial charge in [0.25, 0.3) is 0 Å². The molecule has 0 bridgehead atoms. The highest BCUT2D eigenvalue weighted by Crippen LogP contribution is 2.43. The fourth-order valence-corrected chi connectivity index (χ4v) is 4.29. The molecule has 0 N–H and O–H groups in total. The molecule has 2 saturated carbocycles. The van der Waals surface area contributed by atoms with Crippen LogP contribution in [0.15, 0.2) is 18.2 Å². The summed E-state index contributed by atoms with van der Waals surface area (Å²) in [7, 11) is 0. The predicted molar refractivity (Wildman–Crippen MR) is 77.6 cm³/mol. The molecule has 0 radical (unpaired) electrons. The maximum atomic E-state index is 14.0. The Labute approximate surface area is 122 Å². The van der Waals surface area contributed by atoms with Crippen molar-refractivity contribution in [1.82, 2.24) is 0 Å². The average Bonchev–Trinajstić information content (AvgIpc) is 2.54. The molecule has 0 aromatic heterocycles. The van der Waals surface area contributed by atoms with Gasteiger partial charge in [-0.05, 0) is 55.0 Å². The lowest BCUT2D eigenvalue weighted by molar-refractivity contribution is 0.185. The highest BCUT2D eigenvalue weighted by Gasteiger charge is 2.30. The summed E-state index contributed by atoms with van der Waals surface area (Å²) in [5, 5.41) is 0. The standard InChI is InChI=1S/C18H24F2/c19-17-8-4-7-16(18(17)20)15-11-9-14(10-12-15)13-5-2-1-3-6-13/h4,7-8,13-15H,1-3,5-6,9-12H2/i8T. The van der Waals surface area contributed by atoms with E-state index in [9.17, 15) is 8.78 Å². The summed E-state index contributed by atoms with van der Waals surface area (Å²) in [6.45, 7) is 0. The first-order valence-corrected chi connectivity index (χ1v) is 8.11. The molecule has 0 heterocycles. The Hall–Kier alpha value is -0.920. The van der Waals surface area contributed by atoms with Crippen LogP contribution < -0.4 is 0 Å². The van der Waals surface area contributed by atoms with Gasteiger partial charge in [-0.3, -0.25) is 0 Å². The van der Waals surface area contributed by atoms with Crippen molar-refractivity contribution in [2.75, 3.05) is 0 Å². The molecule has 110 valence electrons. The van der Waals surface area contributed by atoms with Gasteiger partial charge in [0.2, 0.25) is 0 Å². The van der Waals surface area contributed by atoms with Gasteiger partial charge in [0, 0.05) is 0 Å². The molecule has 2 aliphatic rings. The third-order valence-electron chi connectivity index (χ3n) is 5.45. The molecule has 1 aromatic rings. The van der Waals surface area contributed by atoms with Gasteiger partial charge in [-0.2, -0.15) is 0 Å². The lowest BCUT2D eigenvalue weighted by Crippen LogP contribution is -2.23. The summed E-state index contributed by atoms with van der Waals surface area (Å²) in [4.78, 5) is 0. The maximum absolute atomic E-state index is 14.0. The van der Waals surface area contributed by atoms with E-state index in [4.69, 9.17) is 1.37 Å². The van der Waals surface area contributed by atoms with Crippen LogP contribution in [0.1, 0.15) is 70.6 Å². The van der Waals surface area contributed by atoms with Crippen molar-refractivity contribution < 1.29 is 10.2 Å². The first-order valence-electron chi connectivity index (χ1n) is 8.61. The first-order chi connectivity index (χ1) is 10.2. The molecule has 20 heavy (non-hydrogen) atoms. The van der Waals surface area contributed by atoms with Gasteiger partial charge >= 0.3 is 0 Å². The fourth-order valence-electron chi connectivity index (χ4n) is 4.29. The van der Waals surface area contributed by atoms with Crippen molar-refractivity contribution in [2.24, 2.45) is 11.8 Å². The highest BCUT2D eigenvalue weighted by molar-refractivity contribution is 5.23. The number of rotatable bonds is 2. The van der Waals surface area contributed by atoms with Gasteiger partial charge in [0.15, 0.2) is 11.6 Å². The van der Waals surface area contributed by atoms with Crippen molar-refractivity contribution in [3.8, 4) is 0 Å². The van der Waals surface area contributed by atoms with Crippen LogP contribution in [0.4, 0.5) is 8.78 Å². The van der Waals surface area contributed by atoms with Crippen molar-refractivity contribution >= 4 is 0 Å². The molecule has 2 heteroatoms. The molecule has 0 unspecified atom stereocenters. The van der Waals surface area contributed by atoms with Crippen molar-refractivity contribution in [3.63, 3.8) is 0 Å². The zero-order valence-electron chi connectivity index (χ0n) is 13.0. The van der Waals surface area contributed by atoms with Crippen molar-refractivity contribution in [3.05, 3.63) is 35.4 Å². The van der Waals surface area contributed by atoms with E-state index in [1.54, 1.807) is 6.07 Å². The van der Waals surface area contributed by atoms with E-state index in [2.05, 4.69) is 0 Å². The van der Waals surface area contributed by atoms with E-state index >= 15 is 0 Å². The minimum atomic E-state index is -0.984. The number of benzene rings is 1.